The lowest BCUT2D eigenvalue weighted by atomic mass is 9.82. The highest BCUT2D eigenvalue weighted by atomic mass is 16.5. The molecular formula is C16H22O3. The molecule has 19 heavy (non-hydrogen) atoms. The van der Waals surface area contributed by atoms with Crippen LogP contribution in [0.1, 0.15) is 39.7 Å². The summed E-state index contributed by atoms with van der Waals surface area (Å²) in [6.07, 6.45) is 2.64. The fraction of sp³-hybridized carbons (Fsp3) is 0.438. The fourth-order valence-corrected chi connectivity index (χ4v) is 1.56. The average molecular weight is 262 g/mol. The topological polar surface area (TPSA) is 46.5 Å². The Hall–Kier alpha value is -1.77. The minimum Gasteiger partial charge on any atom is -0.490 e. The van der Waals surface area contributed by atoms with E-state index in [1.54, 1.807) is 13.0 Å². The first kappa shape index (κ1) is 15.3. The maximum atomic E-state index is 10.6. The normalized spacial score (nSPS) is 12.3. The second-order valence-electron chi connectivity index (χ2n) is 5.27. The van der Waals surface area contributed by atoms with Gasteiger partial charge in [0.25, 0.3) is 0 Å². The van der Waals surface area contributed by atoms with Crippen molar-refractivity contribution in [3.8, 4) is 5.75 Å². The smallest absolute Gasteiger partial charge is 0.331 e. The van der Waals surface area contributed by atoms with Gasteiger partial charge in [0.1, 0.15) is 12.4 Å². The lowest BCUT2D eigenvalue weighted by molar-refractivity contribution is -0.132. The number of hydrogen-bond donors (Lipinski definition) is 1. The van der Waals surface area contributed by atoms with Crippen molar-refractivity contribution in [3.05, 3.63) is 41.5 Å². The Morgan fingerprint density at radius 3 is 2.37 bits per heavy atom. The summed E-state index contributed by atoms with van der Waals surface area (Å²) in [7, 11) is 0. The van der Waals surface area contributed by atoms with Gasteiger partial charge in [0.05, 0.1) is 0 Å². The predicted octanol–water partition coefficient (Wildman–Crippen LogP) is 3.78. The van der Waals surface area contributed by atoms with E-state index in [9.17, 15) is 4.79 Å². The second kappa shape index (κ2) is 6.41. The molecule has 0 bridgehead atoms. The van der Waals surface area contributed by atoms with E-state index in [4.69, 9.17) is 9.84 Å². The number of ether oxygens (including phenoxy) is 1. The Morgan fingerprint density at radius 1 is 1.32 bits per heavy atom. The van der Waals surface area contributed by atoms with Crippen LogP contribution >= 0.6 is 0 Å². The number of carboxylic acids is 1. The number of aliphatic carboxylic acids is 1. The molecule has 0 radical (unpaired) electrons. The number of hydrogen-bond acceptors (Lipinski definition) is 2. The molecule has 104 valence electrons. The summed E-state index contributed by atoms with van der Waals surface area (Å²) in [6.45, 7) is 8.42. The Kier molecular flexibility index (Phi) is 5.16. The summed E-state index contributed by atoms with van der Waals surface area (Å²) < 4.78 is 5.49. The van der Waals surface area contributed by atoms with Crippen LogP contribution in [0.5, 0.6) is 5.75 Å². The van der Waals surface area contributed by atoms with E-state index in [0.717, 1.165) is 12.2 Å². The van der Waals surface area contributed by atoms with Gasteiger partial charge in [-0.05, 0) is 42.5 Å². The maximum Gasteiger partial charge on any atom is 0.331 e. The third-order valence-corrected chi connectivity index (χ3v) is 3.50. The first-order chi connectivity index (χ1) is 8.86. The molecule has 0 heterocycles. The van der Waals surface area contributed by atoms with E-state index < -0.39 is 5.97 Å². The fourth-order valence-electron chi connectivity index (χ4n) is 1.56. The molecule has 1 N–H and O–H groups in total. The highest BCUT2D eigenvalue weighted by Crippen LogP contribution is 2.27. The van der Waals surface area contributed by atoms with Crippen molar-refractivity contribution in [2.75, 3.05) is 6.61 Å². The second-order valence-corrected chi connectivity index (χ2v) is 5.27. The van der Waals surface area contributed by atoms with Crippen molar-refractivity contribution in [3.63, 3.8) is 0 Å². The predicted molar refractivity (Wildman–Crippen MR) is 76.6 cm³/mol. The molecule has 1 aromatic rings. The first-order valence-electron chi connectivity index (χ1n) is 6.50. The molecule has 0 spiro atoms. The largest absolute Gasteiger partial charge is 0.490 e. The Balaban J connectivity index is 2.63. The van der Waals surface area contributed by atoms with Crippen molar-refractivity contribution in [1.82, 2.24) is 0 Å². The van der Waals surface area contributed by atoms with Crippen molar-refractivity contribution < 1.29 is 14.6 Å². The standard InChI is InChI=1S/C16H22O3/c1-5-16(3,4)13-6-8-14(9-7-13)19-11-10-12(2)15(17)18/h6-10H,5,11H2,1-4H3,(H,17,18). The van der Waals surface area contributed by atoms with Gasteiger partial charge < -0.3 is 9.84 Å². The van der Waals surface area contributed by atoms with Gasteiger partial charge in [-0.15, -0.1) is 0 Å². The highest BCUT2D eigenvalue weighted by Gasteiger charge is 2.17. The molecule has 0 saturated carbocycles. The quantitative estimate of drug-likeness (QED) is 0.793. The van der Waals surface area contributed by atoms with Crippen LogP contribution in [0.15, 0.2) is 35.9 Å². The number of rotatable bonds is 6. The van der Waals surface area contributed by atoms with Crippen LogP contribution in [0.2, 0.25) is 0 Å². The molecule has 0 aromatic heterocycles. The van der Waals surface area contributed by atoms with Gasteiger partial charge in [-0.25, -0.2) is 4.79 Å². The van der Waals surface area contributed by atoms with Crippen molar-refractivity contribution in [2.45, 2.75) is 39.5 Å². The van der Waals surface area contributed by atoms with Crippen LogP contribution in [-0.4, -0.2) is 17.7 Å². The lowest BCUT2D eigenvalue weighted by Crippen LogP contribution is -2.15. The third kappa shape index (κ3) is 4.43. The number of carboxylic acid groups (broad SMARTS) is 1. The van der Waals surface area contributed by atoms with Crippen LogP contribution < -0.4 is 4.74 Å². The van der Waals surface area contributed by atoms with Gasteiger partial charge in [-0.3, -0.25) is 0 Å². The maximum absolute atomic E-state index is 10.6. The summed E-state index contributed by atoms with van der Waals surface area (Å²) in [5.74, 6) is -0.159. The lowest BCUT2D eigenvalue weighted by Gasteiger charge is -2.23. The first-order valence-corrected chi connectivity index (χ1v) is 6.50. The Morgan fingerprint density at radius 2 is 1.89 bits per heavy atom. The summed E-state index contributed by atoms with van der Waals surface area (Å²) >= 11 is 0. The minimum absolute atomic E-state index is 0.165. The van der Waals surface area contributed by atoms with Gasteiger partial charge in [-0.1, -0.05) is 32.9 Å². The highest BCUT2D eigenvalue weighted by molar-refractivity contribution is 5.85. The Bertz CT molecular complexity index is 455. The summed E-state index contributed by atoms with van der Waals surface area (Å²) in [6, 6.07) is 7.98. The molecule has 3 nitrogen and oxygen atoms in total. The number of benzene rings is 1. The molecule has 0 aliphatic rings. The molecule has 0 amide bonds. The molecule has 0 atom stereocenters. The summed E-state index contributed by atoms with van der Waals surface area (Å²) in [4.78, 5) is 10.6. The van der Waals surface area contributed by atoms with Crippen LogP contribution in [0.4, 0.5) is 0 Å². The molecular weight excluding hydrogens is 240 g/mol. The van der Waals surface area contributed by atoms with Crippen LogP contribution in [-0.2, 0) is 10.2 Å². The third-order valence-electron chi connectivity index (χ3n) is 3.50. The molecule has 0 fully saturated rings. The van der Waals surface area contributed by atoms with E-state index in [0.29, 0.717) is 5.57 Å². The number of carbonyl (C=O) groups is 1. The van der Waals surface area contributed by atoms with E-state index in [2.05, 4.69) is 32.9 Å². The van der Waals surface area contributed by atoms with Gasteiger partial charge in [-0.2, -0.15) is 0 Å². The molecule has 0 aliphatic carbocycles. The van der Waals surface area contributed by atoms with E-state index in [1.807, 2.05) is 12.1 Å². The van der Waals surface area contributed by atoms with Crippen molar-refractivity contribution in [1.29, 1.82) is 0 Å². The zero-order valence-electron chi connectivity index (χ0n) is 12.1. The zero-order chi connectivity index (χ0) is 14.5. The van der Waals surface area contributed by atoms with E-state index in [-0.39, 0.29) is 12.0 Å². The van der Waals surface area contributed by atoms with Crippen LogP contribution in [0, 0.1) is 0 Å². The molecule has 3 heteroatoms. The van der Waals surface area contributed by atoms with Crippen LogP contribution in [0.25, 0.3) is 0 Å². The van der Waals surface area contributed by atoms with Crippen LogP contribution in [0.3, 0.4) is 0 Å². The molecule has 0 aliphatic heterocycles. The van der Waals surface area contributed by atoms with Gasteiger partial charge in [0.15, 0.2) is 0 Å². The SMILES string of the molecule is CCC(C)(C)c1ccc(OCC=C(C)C(=O)O)cc1. The molecule has 1 aromatic carbocycles. The van der Waals surface area contributed by atoms with E-state index in [1.165, 1.54) is 5.56 Å². The van der Waals surface area contributed by atoms with E-state index >= 15 is 0 Å². The molecule has 0 saturated heterocycles. The molecule has 0 unspecified atom stereocenters. The van der Waals surface area contributed by atoms with Gasteiger partial charge in [0.2, 0.25) is 0 Å². The summed E-state index contributed by atoms with van der Waals surface area (Å²) in [5, 5.41) is 8.71. The minimum atomic E-state index is -0.913. The van der Waals surface area contributed by atoms with Crippen molar-refractivity contribution >= 4 is 5.97 Å². The molecule has 1 rings (SSSR count). The monoisotopic (exact) mass is 262 g/mol. The average Bonchev–Trinajstić information content (AvgIpc) is 2.39. The zero-order valence-corrected chi connectivity index (χ0v) is 12.1. The summed E-state index contributed by atoms with van der Waals surface area (Å²) in [5.41, 5.74) is 1.74. The van der Waals surface area contributed by atoms with Crippen molar-refractivity contribution in [2.24, 2.45) is 0 Å². The Labute approximate surface area is 114 Å². The van der Waals surface area contributed by atoms with Gasteiger partial charge >= 0.3 is 5.97 Å². The van der Waals surface area contributed by atoms with Gasteiger partial charge in [0, 0.05) is 5.57 Å².